The maximum absolute atomic E-state index is 12.3. The van der Waals surface area contributed by atoms with E-state index in [1.807, 2.05) is 30.3 Å². The number of hydroxylamine groups is 2. The molecular formula is C14H21ClN2O3. The molecule has 1 aliphatic carbocycles. The predicted molar refractivity (Wildman–Crippen MR) is 78.5 cm³/mol. The zero-order chi connectivity index (χ0) is 14.0. The number of methoxy groups -OCH3 is 1. The van der Waals surface area contributed by atoms with Crippen LogP contribution in [-0.4, -0.2) is 44.4 Å². The van der Waals surface area contributed by atoms with Crippen LogP contribution in [-0.2, 0) is 14.4 Å². The molecule has 0 spiro atoms. The summed E-state index contributed by atoms with van der Waals surface area (Å²) in [5.41, 5.74) is 6.44. The summed E-state index contributed by atoms with van der Waals surface area (Å²) in [7, 11) is 4.64. The number of nitrogens with zero attached hydrogens (tertiary/aromatic N) is 1. The zero-order valence-electron chi connectivity index (χ0n) is 11.9. The largest absolute Gasteiger partial charge is 0.384 e. The quantitative estimate of drug-likeness (QED) is 0.830. The Bertz CT molecular complexity index is 457. The van der Waals surface area contributed by atoms with Gasteiger partial charge < -0.3 is 10.5 Å². The number of benzene rings is 1. The summed E-state index contributed by atoms with van der Waals surface area (Å²) in [5, 5.41) is 1.19. The molecule has 1 fully saturated rings. The Kier molecular flexibility index (Phi) is 5.53. The van der Waals surface area contributed by atoms with Crippen molar-refractivity contribution >= 4 is 18.3 Å². The van der Waals surface area contributed by atoms with Crippen LogP contribution in [0.2, 0.25) is 0 Å². The lowest BCUT2D eigenvalue weighted by atomic mass is 10.1. The van der Waals surface area contributed by atoms with E-state index in [1.54, 1.807) is 14.2 Å². The van der Waals surface area contributed by atoms with Gasteiger partial charge in [0.2, 0.25) is 0 Å². The molecule has 2 rings (SSSR count). The molecule has 0 aliphatic heterocycles. The minimum Gasteiger partial charge on any atom is -0.384 e. The van der Waals surface area contributed by atoms with E-state index in [0.717, 1.165) is 5.56 Å². The van der Waals surface area contributed by atoms with Gasteiger partial charge in [0.05, 0.1) is 13.7 Å². The Hall–Kier alpha value is -1.14. The Morgan fingerprint density at radius 2 is 1.95 bits per heavy atom. The van der Waals surface area contributed by atoms with E-state index in [0.29, 0.717) is 6.61 Å². The van der Waals surface area contributed by atoms with Crippen molar-refractivity contribution in [2.24, 2.45) is 11.7 Å². The molecule has 0 aromatic heterocycles. The highest BCUT2D eigenvalue weighted by Crippen LogP contribution is 2.56. The fourth-order valence-electron chi connectivity index (χ4n) is 2.71. The van der Waals surface area contributed by atoms with Gasteiger partial charge in [-0.2, -0.15) is 0 Å². The maximum Gasteiger partial charge on any atom is 0.266 e. The summed E-state index contributed by atoms with van der Waals surface area (Å²) in [4.78, 5) is 17.3. The van der Waals surface area contributed by atoms with Crippen molar-refractivity contribution < 1.29 is 14.4 Å². The van der Waals surface area contributed by atoms with E-state index in [9.17, 15) is 4.79 Å². The van der Waals surface area contributed by atoms with Gasteiger partial charge in [-0.1, -0.05) is 30.3 Å². The summed E-state index contributed by atoms with van der Waals surface area (Å²) in [6.45, 7) is 0.458. The van der Waals surface area contributed by atoms with Crippen molar-refractivity contribution in [3.05, 3.63) is 35.9 Å². The van der Waals surface area contributed by atoms with Crippen molar-refractivity contribution in [3.63, 3.8) is 0 Å². The fourth-order valence-corrected chi connectivity index (χ4v) is 2.71. The molecule has 0 bridgehead atoms. The number of ether oxygens (including phenoxy) is 1. The third kappa shape index (κ3) is 2.67. The van der Waals surface area contributed by atoms with E-state index in [1.165, 1.54) is 12.2 Å². The molecule has 20 heavy (non-hydrogen) atoms. The second-order valence-corrected chi connectivity index (χ2v) is 4.87. The van der Waals surface area contributed by atoms with Crippen molar-refractivity contribution in [1.82, 2.24) is 5.06 Å². The topological polar surface area (TPSA) is 64.8 Å². The molecule has 1 aliphatic rings. The molecular weight excluding hydrogens is 280 g/mol. The van der Waals surface area contributed by atoms with Crippen molar-refractivity contribution in [3.8, 4) is 0 Å². The monoisotopic (exact) mass is 300 g/mol. The SMILES string of the molecule is COC[C@@H]1[C@H](c2ccccc2)[C@]1(N)C(=O)N(C)OC.Cl. The van der Waals surface area contributed by atoms with Gasteiger partial charge in [0.15, 0.2) is 0 Å². The van der Waals surface area contributed by atoms with E-state index >= 15 is 0 Å². The number of nitrogens with two attached hydrogens (primary N) is 1. The van der Waals surface area contributed by atoms with Gasteiger partial charge in [0, 0.05) is 26.0 Å². The number of likely N-dealkylation sites (N-methyl/N-ethyl adjacent to an activating group) is 1. The van der Waals surface area contributed by atoms with E-state index in [4.69, 9.17) is 15.3 Å². The minimum atomic E-state index is -0.942. The lowest BCUT2D eigenvalue weighted by Crippen LogP contribution is -2.46. The number of carbonyl (C=O) groups excluding carboxylic acids is 1. The Morgan fingerprint density at radius 3 is 2.45 bits per heavy atom. The molecule has 3 atom stereocenters. The number of halogens is 1. The third-order valence-electron chi connectivity index (χ3n) is 3.86. The van der Waals surface area contributed by atoms with Gasteiger partial charge in [-0.05, 0) is 5.56 Å². The normalized spacial score (nSPS) is 27.6. The average Bonchev–Trinajstić information content (AvgIpc) is 3.04. The van der Waals surface area contributed by atoms with Crippen molar-refractivity contribution in [2.45, 2.75) is 11.5 Å². The van der Waals surface area contributed by atoms with Gasteiger partial charge >= 0.3 is 0 Å². The summed E-state index contributed by atoms with van der Waals surface area (Å²) in [6, 6.07) is 9.81. The first-order valence-corrected chi connectivity index (χ1v) is 6.22. The number of hydrogen-bond donors (Lipinski definition) is 1. The van der Waals surface area contributed by atoms with Crippen LogP contribution in [0.5, 0.6) is 0 Å². The molecule has 0 saturated heterocycles. The van der Waals surface area contributed by atoms with Crippen LogP contribution in [0.1, 0.15) is 11.5 Å². The highest BCUT2D eigenvalue weighted by atomic mass is 35.5. The molecule has 0 heterocycles. The van der Waals surface area contributed by atoms with Gasteiger partial charge in [0.25, 0.3) is 5.91 Å². The first-order valence-electron chi connectivity index (χ1n) is 6.22. The van der Waals surface area contributed by atoms with E-state index in [-0.39, 0.29) is 30.2 Å². The number of carbonyl (C=O) groups is 1. The highest BCUT2D eigenvalue weighted by molar-refractivity contribution is 5.91. The molecule has 6 heteroatoms. The van der Waals surface area contributed by atoms with Crippen LogP contribution in [0.15, 0.2) is 30.3 Å². The van der Waals surface area contributed by atoms with Crippen LogP contribution < -0.4 is 5.73 Å². The van der Waals surface area contributed by atoms with Gasteiger partial charge in [0.1, 0.15) is 5.54 Å². The lowest BCUT2D eigenvalue weighted by molar-refractivity contribution is -0.172. The highest BCUT2D eigenvalue weighted by Gasteiger charge is 2.68. The third-order valence-corrected chi connectivity index (χ3v) is 3.86. The first-order chi connectivity index (χ1) is 9.07. The van der Waals surface area contributed by atoms with Crippen molar-refractivity contribution in [2.75, 3.05) is 27.9 Å². The zero-order valence-corrected chi connectivity index (χ0v) is 12.7. The Labute approximate surface area is 125 Å². The Morgan fingerprint density at radius 1 is 1.35 bits per heavy atom. The fraction of sp³-hybridized carbons (Fsp3) is 0.500. The van der Waals surface area contributed by atoms with Crippen LogP contribution in [0.4, 0.5) is 0 Å². The molecule has 2 N–H and O–H groups in total. The van der Waals surface area contributed by atoms with Crippen LogP contribution in [0, 0.1) is 5.92 Å². The molecule has 1 saturated carbocycles. The predicted octanol–water partition coefficient (Wildman–Crippen LogP) is 1.19. The minimum absolute atomic E-state index is 0. The molecule has 1 aromatic carbocycles. The standard InChI is InChI=1S/C14H20N2O3.ClH/c1-16(19-3)13(17)14(15)11(9-18-2)12(14)10-7-5-4-6-8-10;/h4-8,11-12H,9,15H2,1-3H3;1H/t11-,12+,14+;/m1./s1. The van der Waals surface area contributed by atoms with Crippen LogP contribution >= 0.6 is 12.4 Å². The molecule has 1 aromatic rings. The average molecular weight is 301 g/mol. The summed E-state index contributed by atoms with van der Waals surface area (Å²) >= 11 is 0. The summed E-state index contributed by atoms with van der Waals surface area (Å²) < 4.78 is 5.18. The summed E-state index contributed by atoms with van der Waals surface area (Å²) in [6.07, 6.45) is 0. The smallest absolute Gasteiger partial charge is 0.266 e. The summed E-state index contributed by atoms with van der Waals surface area (Å²) in [5.74, 6) is -0.269. The number of amides is 1. The first kappa shape index (κ1) is 16.9. The molecule has 0 unspecified atom stereocenters. The van der Waals surface area contributed by atoms with Crippen LogP contribution in [0.3, 0.4) is 0 Å². The molecule has 112 valence electrons. The van der Waals surface area contributed by atoms with Crippen LogP contribution in [0.25, 0.3) is 0 Å². The van der Waals surface area contributed by atoms with Gasteiger partial charge in [-0.3, -0.25) is 9.63 Å². The molecule has 1 amide bonds. The number of hydrogen-bond acceptors (Lipinski definition) is 4. The molecule has 5 nitrogen and oxygen atoms in total. The number of rotatable bonds is 5. The van der Waals surface area contributed by atoms with E-state index in [2.05, 4.69) is 0 Å². The van der Waals surface area contributed by atoms with Gasteiger partial charge in [-0.25, -0.2) is 5.06 Å². The second kappa shape index (κ2) is 6.54. The lowest BCUT2D eigenvalue weighted by Gasteiger charge is -2.19. The maximum atomic E-state index is 12.3. The molecule has 0 radical (unpaired) electrons. The Balaban J connectivity index is 0.00000200. The van der Waals surface area contributed by atoms with Crippen molar-refractivity contribution in [1.29, 1.82) is 0 Å². The second-order valence-electron chi connectivity index (χ2n) is 4.87. The van der Waals surface area contributed by atoms with Gasteiger partial charge in [-0.15, -0.1) is 12.4 Å². The van der Waals surface area contributed by atoms with E-state index < -0.39 is 5.54 Å².